The molecule has 0 saturated heterocycles. The van der Waals surface area contributed by atoms with Gasteiger partial charge in [0.15, 0.2) is 0 Å². The van der Waals surface area contributed by atoms with Gasteiger partial charge in [0.05, 0.1) is 29.2 Å². The molecule has 9 heteroatoms. The van der Waals surface area contributed by atoms with E-state index < -0.39 is 22.5 Å². The van der Waals surface area contributed by atoms with Crippen LogP contribution in [0.15, 0.2) is 78.9 Å². The summed E-state index contributed by atoms with van der Waals surface area (Å²) in [6.07, 6.45) is 1.02. The second kappa shape index (κ2) is 10.5. The van der Waals surface area contributed by atoms with E-state index in [1.54, 1.807) is 36.4 Å². The molecule has 0 fully saturated rings. The summed E-state index contributed by atoms with van der Waals surface area (Å²) in [7, 11) is -3.74. The zero-order valence-corrected chi connectivity index (χ0v) is 19.7. The number of nitrogens with zero attached hydrogens (tertiary/aromatic N) is 1. The fourth-order valence-electron chi connectivity index (χ4n) is 3.22. The van der Waals surface area contributed by atoms with Crippen molar-refractivity contribution in [1.29, 1.82) is 0 Å². The van der Waals surface area contributed by atoms with Crippen LogP contribution >= 0.6 is 11.6 Å². The molecule has 0 unspecified atom stereocenters. The molecule has 2 amide bonds. The van der Waals surface area contributed by atoms with E-state index in [1.807, 2.05) is 37.3 Å². The Morgan fingerprint density at radius 2 is 1.55 bits per heavy atom. The minimum atomic E-state index is -3.74. The Bertz CT molecular complexity index is 1230. The van der Waals surface area contributed by atoms with Crippen LogP contribution in [0.2, 0.25) is 5.02 Å². The van der Waals surface area contributed by atoms with E-state index in [2.05, 4.69) is 10.6 Å². The average molecular weight is 486 g/mol. The number of amides is 2. The second-order valence-electron chi connectivity index (χ2n) is 7.45. The summed E-state index contributed by atoms with van der Waals surface area (Å²) in [5, 5.41) is 6.02. The van der Waals surface area contributed by atoms with Gasteiger partial charge in [-0.2, -0.15) is 0 Å². The van der Waals surface area contributed by atoms with Crippen molar-refractivity contribution >= 4 is 44.8 Å². The smallest absolute Gasteiger partial charge is 0.253 e. The Kier molecular flexibility index (Phi) is 7.73. The van der Waals surface area contributed by atoms with Crippen molar-refractivity contribution in [3.63, 3.8) is 0 Å². The van der Waals surface area contributed by atoms with Crippen molar-refractivity contribution in [3.8, 4) is 0 Å². The molecule has 0 radical (unpaired) electrons. The summed E-state index contributed by atoms with van der Waals surface area (Å²) in [4.78, 5) is 25.6. The number of rotatable bonds is 8. The Morgan fingerprint density at radius 1 is 0.939 bits per heavy atom. The molecule has 0 aliphatic heterocycles. The second-order valence-corrected chi connectivity index (χ2v) is 9.79. The van der Waals surface area contributed by atoms with Gasteiger partial charge in [-0.15, -0.1) is 0 Å². The number of carbonyl (C=O) groups excluding carboxylic acids is 2. The largest absolute Gasteiger partial charge is 0.345 e. The highest BCUT2D eigenvalue weighted by Crippen LogP contribution is 2.22. The monoisotopic (exact) mass is 485 g/mol. The van der Waals surface area contributed by atoms with Crippen LogP contribution in [-0.2, 0) is 14.8 Å². The molecule has 0 aromatic heterocycles. The van der Waals surface area contributed by atoms with Gasteiger partial charge >= 0.3 is 0 Å². The number of sulfonamides is 1. The highest BCUT2D eigenvalue weighted by Gasteiger charge is 2.22. The number of para-hydroxylation sites is 1. The van der Waals surface area contributed by atoms with E-state index in [0.29, 0.717) is 10.7 Å². The Hall–Kier alpha value is -3.36. The van der Waals surface area contributed by atoms with Crippen LogP contribution in [0.5, 0.6) is 0 Å². The first-order chi connectivity index (χ1) is 15.6. The molecule has 0 aliphatic carbocycles. The summed E-state index contributed by atoms with van der Waals surface area (Å²) in [6.45, 7) is 1.40. The molecular weight excluding hydrogens is 462 g/mol. The normalized spacial score (nSPS) is 12.0. The molecule has 3 aromatic carbocycles. The molecule has 3 rings (SSSR count). The Balaban J connectivity index is 1.76. The van der Waals surface area contributed by atoms with Crippen LogP contribution in [0.4, 0.5) is 11.4 Å². The third-order valence-corrected chi connectivity index (χ3v) is 6.29. The molecule has 172 valence electrons. The SMILES string of the molecule is C[C@@H](NC(=O)c1ccccc1NC(=O)CN(c1ccc(Cl)cc1)S(C)(=O)=O)c1ccccc1. The lowest BCUT2D eigenvalue weighted by atomic mass is 10.1. The molecule has 0 aliphatic rings. The number of carbonyl (C=O) groups is 2. The van der Waals surface area contributed by atoms with Gasteiger partial charge < -0.3 is 10.6 Å². The minimum absolute atomic E-state index is 0.243. The summed E-state index contributed by atoms with van der Waals surface area (Å²) in [5.41, 5.74) is 1.80. The zero-order valence-electron chi connectivity index (χ0n) is 18.2. The van der Waals surface area contributed by atoms with Crippen LogP contribution in [0.1, 0.15) is 28.9 Å². The van der Waals surface area contributed by atoms with Gasteiger partial charge in [0.2, 0.25) is 15.9 Å². The molecule has 2 N–H and O–H groups in total. The first-order valence-electron chi connectivity index (χ1n) is 10.1. The number of hydrogen-bond donors (Lipinski definition) is 2. The van der Waals surface area contributed by atoms with Gasteiger partial charge in [0.25, 0.3) is 5.91 Å². The van der Waals surface area contributed by atoms with Gasteiger partial charge in [-0.3, -0.25) is 13.9 Å². The lowest BCUT2D eigenvalue weighted by molar-refractivity contribution is -0.114. The Morgan fingerprint density at radius 3 is 2.18 bits per heavy atom. The predicted octanol–water partition coefficient (Wildman–Crippen LogP) is 4.24. The van der Waals surface area contributed by atoms with Gasteiger partial charge in [0.1, 0.15) is 6.54 Å². The number of anilines is 2. The van der Waals surface area contributed by atoms with Crippen LogP contribution in [0.25, 0.3) is 0 Å². The van der Waals surface area contributed by atoms with Crippen LogP contribution < -0.4 is 14.9 Å². The first-order valence-corrected chi connectivity index (χ1v) is 12.4. The van der Waals surface area contributed by atoms with E-state index >= 15 is 0 Å². The molecule has 7 nitrogen and oxygen atoms in total. The van der Waals surface area contributed by atoms with Gasteiger partial charge in [-0.05, 0) is 48.9 Å². The van der Waals surface area contributed by atoms with Crippen LogP contribution in [-0.4, -0.2) is 33.0 Å². The van der Waals surface area contributed by atoms with Crippen LogP contribution in [0, 0.1) is 0 Å². The summed E-state index contributed by atoms with van der Waals surface area (Å²) in [6, 6.07) is 21.9. The molecule has 0 heterocycles. The van der Waals surface area contributed by atoms with Gasteiger partial charge in [-0.25, -0.2) is 8.42 Å². The van der Waals surface area contributed by atoms with Crippen LogP contribution in [0.3, 0.4) is 0 Å². The lowest BCUT2D eigenvalue weighted by Gasteiger charge is -2.22. The van der Waals surface area contributed by atoms with E-state index in [-0.39, 0.29) is 23.2 Å². The molecule has 1 atom stereocenters. The minimum Gasteiger partial charge on any atom is -0.345 e. The molecule has 0 bridgehead atoms. The number of benzene rings is 3. The number of halogens is 1. The Labute approximate surface area is 198 Å². The highest BCUT2D eigenvalue weighted by molar-refractivity contribution is 7.92. The van der Waals surface area contributed by atoms with E-state index in [9.17, 15) is 18.0 Å². The fourth-order valence-corrected chi connectivity index (χ4v) is 4.20. The van der Waals surface area contributed by atoms with Crippen molar-refractivity contribution in [2.45, 2.75) is 13.0 Å². The van der Waals surface area contributed by atoms with Crippen molar-refractivity contribution in [3.05, 3.63) is 95.0 Å². The average Bonchev–Trinajstić information content (AvgIpc) is 2.78. The van der Waals surface area contributed by atoms with E-state index in [0.717, 1.165) is 16.1 Å². The van der Waals surface area contributed by atoms with E-state index in [4.69, 9.17) is 11.6 Å². The maximum Gasteiger partial charge on any atom is 0.253 e. The first kappa shape index (κ1) is 24.3. The summed E-state index contributed by atoms with van der Waals surface area (Å²) < 4.78 is 25.5. The molecular formula is C24H24ClN3O4S. The maximum absolute atomic E-state index is 12.9. The van der Waals surface area contributed by atoms with Gasteiger partial charge in [0, 0.05) is 5.02 Å². The number of hydrogen-bond acceptors (Lipinski definition) is 4. The third-order valence-electron chi connectivity index (χ3n) is 4.90. The quantitative estimate of drug-likeness (QED) is 0.499. The van der Waals surface area contributed by atoms with Crippen molar-refractivity contribution in [1.82, 2.24) is 5.32 Å². The summed E-state index contributed by atoms with van der Waals surface area (Å²) >= 11 is 5.88. The summed E-state index contributed by atoms with van der Waals surface area (Å²) in [5.74, 6) is -0.952. The van der Waals surface area contributed by atoms with Crippen molar-refractivity contribution in [2.75, 3.05) is 22.4 Å². The maximum atomic E-state index is 12.9. The third kappa shape index (κ3) is 6.57. The number of nitrogens with one attached hydrogen (secondary N) is 2. The van der Waals surface area contributed by atoms with Gasteiger partial charge in [-0.1, -0.05) is 54.1 Å². The standard InChI is InChI=1S/C24H24ClN3O4S/c1-17(18-8-4-3-5-9-18)26-24(30)21-10-6-7-11-22(21)27-23(29)16-28(33(2,31)32)20-14-12-19(25)13-15-20/h3-15,17H,16H2,1-2H3,(H,26,30)(H,27,29)/t17-/m1/s1. The fraction of sp³-hybridized carbons (Fsp3) is 0.167. The molecule has 0 saturated carbocycles. The van der Waals surface area contributed by atoms with Crippen molar-refractivity contribution < 1.29 is 18.0 Å². The zero-order chi connectivity index (χ0) is 24.0. The lowest BCUT2D eigenvalue weighted by Crippen LogP contribution is -2.37. The van der Waals surface area contributed by atoms with E-state index in [1.165, 1.54) is 12.1 Å². The molecule has 0 spiro atoms. The topological polar surface area (TPSA) is 95.6 Å². The van der Waals surface area contributed by atoms with Crippen molar-refractivity contribution in [2.24, 2.45) is 0 Å². The molecule has 3 aromatic rings. The molecule has 33 heavy (non-hydrogen) atoms. The highest BCUT2D eigenvalue weighted by atomic mass is 35.5. The predicted molar refractivity (Wildman–Crippen MR) is 131 cm³/mol.